The lowest BCUT2D eigenvalue weighted by Gasteiger charge is -2.03. The molecule has 2 heterocycles. The normalized spacial score (nSPS) is 11.3. The van der Waals surface area contributed by atoms with Gasteiger partial charge in [-0.15, -0.1) is 23.1 Å². The zero-order valence-corrected chi connectivity index (χ0v) is 10.6. The Bertz CT molecular complexity index is 433. The maximum atomic E-state index is 4.57. The van der Waals surface area contributed by atoms with Crippen molar-refractivity contribution in [3.8, 4) is 0 Å². The number of aromatic nitrogens is 2. The summed E-state index contributed by atoms with van der Waals surface area (Å²) in [6, 6.07) is 0. The molecule has 1 N–H and O–H groups in total. The summed E-state index contributed by atoms with van der Waals surface area (Å²) in [6.45, 7) is 4.14. The highest BCUT2D eigenvalue weighted by molar-refractivity contribution is 7.98. The number of hydrogen-bond acceptors (Lipinski definition) is 4. The van der Waals surface area contributed by atoms with Crippen LogP contribution >= 0.6 is 23.1 Å². The molecule has 0 saturated carbocycles. The van der Waals surface area contributed by atoms with E-state index in [4.69, 9.17) is 0 Å². The van der Waals surface area contributed by atoms with E-state index < -0.39 is 0 Å². The van der Waals surface area contributed by atoms with E-state index in [-0.39, 0.29) is 0 Å². The molecule has 2 aromatic heterocycles. The molecule has 2 aromatic rings. The summed E-state index contributed by atoms with van der Waals surface area (Å²) < 4.78 is 2.18. The van der Waals surface area contributed by atoms with Gasteiger partial charge >= 0.3 is 0 Å². The second kappa shape index (κ2) is 5.01. The van der Waals surface area contributed by atoms with Gasteiger partial charge < -0.3 is 5.32 Å². The van der Waals surface area contributed by atoms with E-state index in [2.05, 4.69) is 39.5 Å². The Morgan fingerprint density at radius 1 is 1.60 bits per heavy atom. The summed E-state index contributed by atoms with van der Waals surface area (Å²) in [5, 5.41) is 6.65. The topological polar surface area (TPSA) is 29.3 Å². The number of imidazole rings is 1. The summed E-state index contributed by atoms with van der Waals surface area (Å²) >= 11 is 3.41. The number of nitrogens with one attached hydrogen (secondary N) is 1. The van der Waals surface area contributed by atoms with Crippen molar-refractivity contribution in [3.63, 3.8) is 0 Å². The van der Waals surface area contributed by atoms with E-state index in [0.29, 0.717) is 0 Å². The molecule has 0 atom stereocenters. The minimum atomic E-state index is 0.905. The number of rotatable bonds is 5. The third kappa shape index (κ3) is 2.19. The molecule has 0 fully saturated rings. The predicted octanol–water partition coefficient (Wildman–Crippen LogP) is 2.62. The first-order valence-corrected chi connectivity index (χ1v) is 7.16. The third-order valence-electron chi connectivity index (χ3n) is 2.24. The molecule has 0 radical (unpaired) electrons. The van der Waals surface area contributed by atoms with Crippen molar-refractivity contribution in [1.29, 1.82) is 0 Å². The van der Waals surface area contributed by atoms with Gasteiger partial charge in [-0.3, -0.25) is 4.40 Å². The second-order valence-electron chi connectivity index (χ2n) is 3.30. The monoisotopic (exact) mass is 241 g/mol. The van der Waals surface area contributed by atoms with E-state index >= 15 is 0 Å². The Balaban J connectivity index is 2.24. The molecule has 2 rings (SSSR count). The lowest BCUT2D eigenvalue weighted by atomic mass is 10.4. The average Bonchev–Trinajstić information content (AvgIpc) is 2.79. The lowest BCUT2D eigenvalue weighted by molar-refractivity contribution is 0.653. The highest BCUT2D eigenvalue weighted by atomic mass is 32.2. The van der Waals surface area contributed by atoms with Gasteiger partial charge in [-0.05, 0) is 19.2 Å². The summed E-state index contributed by atoms with van der Waals surface area (Å²) in [4.78, 5) is 5.66. The number of hydrogen-bond donors (Lipinski definition) is 1. The molecule has 0 unspecified atom stereocenters. The first kappa shape index (κ1) is 11.0. The third-order valence-corrected chi connectivity index (χ3v) is 3.71. The maximum Gasteiger partial charge on any atom is 0.194 e. The zero-order chi connectivity index (χ0) is 10.7. The summed E-state index contributed by atoms with van der Waals surface area (Å²) in [5.41, 5.74) is 1.28. The number of nitrogens with zero attached hydrogens (tertiary/aromatic N) is 2. The van der Waals surface area contributed by atoms with E-state index in [1.54, 1.807) is 23.1 Å². The van der Waals surface area contributed by atoms with Crippen molar-refractivity contribution >= 4 is 28.1 Å². The Kier molecular flexibility index (Phi) is 3.66. The highest BCUT2D eigenvalue weighted by Gasteiger charge is 2.11. The minimum absolute atomic E-state index is 0.905. The van der Waals surface area contributed by atoms with E-state index in [0.717, 1.165) is 23.1 Å². The molecule has 82 valence electrons. The van der Waals surface area contributed by atoms with E-state index in [1.165, 1.54) is 12.1 Å². The number of fused-ring (bicyclic) bond motifs is 1. The van der Waals surface area contributed by atoms with Crippen molar-refractivity contribution in [2.24, 2.45) is 0 Å². The Morgan fingerprint density at radius 2 is 2.47 bits per heavy atom. The molecule has 0 aliphatic heterocycles. The molecular weight excluding hydrogens is 226 g/mol. The molecule has 15 heavy (non-hydrogen) atoms. The first-order chi connectivity index (χ1) is 7.36. The van der Waals surface area contributed by atoms with Crippen molar-refractivity contribution in [2.45, 2.75) is 24.9 Å². The van der Waals surface area contributed by atoms with Crippen molar-refractivity contribution in [3.05, 3.63) is 17.3 Å². The summed E-state index contributed by atoms with van der Waals surface area (Å²) in [5.74, 6) is 0. The molecule has 0 aromatic carbocycles. The molecule has 0 amide bonds. The van der Waals surface area contributed by atoms with Gasteiger partial charge in [0.2, 0.25) is 0 Å². The van der Waals surface area contributed by atoms with E-state index in [1.807, 2.05) is 0 Å². The van der Waals surface area contributed by atoms with Gasteiger partial charge in [-0.25, -0.2) is 4.98 Å². The van der Waals surface area contributed by atoms with Gasteiger partial charge in [0.25, 0.3) is 0 Å². The van der Waals surface area contributed by atoms with Crippen LogP contribution in [0.2, 0.25) is 0 Å². The fourth-order valence-corrected chi connectivity index (χ4v) is 2.90. The lowest BCUT2D eigenvalue weighted by Crippen LogP contribution is -2.15. The first-order valence-electron chi connectivity index (χ1n) is 5.06. The van der Waals surface area contributed by atoms with Crippen molar-refractivity contribution < 1.29 is 0 Å². The molecule has 0 aliphatic carbocycles. The fourth-order valence-electron chi connectivity index (χ4n) is 1.52. The molecule has 0 saturated heterocycles. The fraction of sp³-hybridized carbons (Fsp3) is 0.500. The van der Waals surface area contributed by atoms with Crippen LogP contribution in [-0.4, -0.2) is 22.2 Å². The Morgan fingerprint density at radius 3 is 3.20 bits per heavy atom. The molecular formula is C10H15N3S2. The smallest absolute Gasteiger partial charge is 0.194 e. The number of thioether (sulfide) groups is 1. The molecule has 0 bridgehead atoms. The van der Waals surface area contributed by atoms with Gasteiger partial charge in [0.05, 0.1) is 5.69 Å². The maximum absolute atomic E-state index is 4.57. The van der Waals surface area contributed by atoms with Gasteiger partial charge in [-0.1, -0.05) is 6.92 Å². The molecule has 0 spiro atoms. The zero-order valence-electron chi connectivity index (χ0n) is 8.99. The van der Waals surface area contributed by atoms with Gasteiger partial charge in [-0.2, -0.15) is 0 Å². The van der Waals surface area contributed by atoms with Crippen LogP contribution in [-0.2, 0) is 6.54 Å². The molecule has 0 aliphatic rings. The Labute approximate surface area is 97.9 Å². The highest BCUT2D eigenvalue weighted by Crippen LogP contribution is 2.23. The predicted molar refractivity (Wildman–Crippen MR) is 66.8 cm³/mol. The SMILES string of the molecule is CCCNCc1c(SC)nc2sccn12. The van der Waals surface area contributed by atoms with Crippen molar-refractivity contribution in [1.82, 2.24) is 14.7 Å². The van der Waals surface area contributed by atoms with Gasteiger partial charge in [0, 0.05) is 18.1 Å². The van der Waals surface area contributed by atoms with Crippen LogP contribution in [0.1, 0.15) is 19.0 Å². The number of thiazole rings is 1. The van der Waals surface area contributed by atoms with Crippen LogP contribution < -0.4 is 5.32 Å². The van der Waals surface area contributed by atoms with Crippen LogP contribution in [0.3, 0.4) is 0 Å². The van der Waals surface area contributed by atoms with Gasteiger partial charge in [0.1, 0.15) is 5.03 Å². The molecule has 5 heteroatoms. The average molecular weight is 241 g/mol. The Hall–Kier alpha value is -0.520. The summed E-state index contributed by atoms with van der Waals surface area (Å²) in [6.07, 6.45) is 5.34. The largest absolute Gasteiger partial charge is 0.311 e. The van der Waals surface area contributed by atoms with Crippen LogP contribution in [0, 0.1) is 0 Å². The molecule has 3 nitrogen and oxygen atoms in total. The van der Waals surface area contributed by atoms with Crippen LogP contribution in [0.25, 0.3) is 4.96 Å². The van der Waals surface area contributed by atoms with E-state index in [9.17, 15) is 0 Å². The quantitative estimate of drug-likeness (QED) is 0.644. The standard InChI is InChI=1S/C10H15N3S2/c1-3-4-11-7-8-9(14-2)12-10-13(8)5-6-15-10/h5-6,11H,3-4,7H2,1-2H3. The van der Waals surface area contributed by atoms with Crippen LogP contribution in [0.15, 0.2) is 16.6 Å². The van der Waals surface area contributed by atoms with Gasteiger partial charge in [0.15, 0.2) is 4.96 Å². The second-order valence-corrected chi connectivity index (χ2v) is 4.97. The minimum Gasteiger partial charge on any atom is -0.311 e. The van der Waals surface area contributed by atoms with Crippen molar-refractivity contribution in [2.75, 3.05) is 12.8 Å². The summed E-state index contributed by atoms with van der Waals surface area (Å²) in [7, 11) is 0. The van der Waals surface area contributed by atoms with Crippen LogP contribution in [0.4, 0.5) is 0 Å². The van der Waals surface area contributed by atoms with Crippen LogP contribution in [0.5, 0.6) is 0 Å².